The fourth-order valence-corrected chi connectivity index (χ4v) is 4.74. The van der Waals surface area contributed by atoms with E-state index in [-0.39, 0.29) is 11.9 Å². The van der Waals surface area contributed by atoms with E-state index in [4.69, 9.17) is 4.74 Å². The van der Waals surface area contributed by atoms with E-state index in [9.17, 15) is 9.90 Å². The van der Waals surface area contributed by atoms with Crippen molar-refractivity contribution < 1.29 is 14.6 Å². The van der Waals surface area contributed by atoms with Gasteiger partial charge in [0.2, 0.25) is 0 Å². The van der Waals surface area contributed by atoms with E-state index in [0.29, 0.717) is 18.1 Å². The number of pyridine rings is 1. The van der Waals surface area contributed by atoms with E-state index in [1.54, 1.807) is 0 Å². The van der Waals surface area contributed by atoms with Crippen molar-refractivity contribution >= 4 is 29.0 Å². The Kier molecular flexibility index (Phi) is 6.19. The minimum absolute atomic E-state index is 0.188. The van der Waals surface area contributed by atoms with Crippen LogP contribution in [0.1, 0.15) is 51.1 Å². The maximum atomic E-state index is 10.7. The molecule has 0 spiro atoms. The molecule has 2 aromatic rings. The summed E-state index contributed by atoms with van der Waals surface area (Å²) in [7, 11) is 0. The molecule has 4 nitrogen and oxygen atoms in total. The Labute approximate surface area is 153 Å². The summed E-state index contributed by atoms with van der Waals surface area (Å²) in [4.78, 5) is 16.3. The van der Waals surface area contributed by atoms with Gasteiger partial charge < -0.3 is 9.84 Å². The molecule has 0 amide bonds. The van der Waals surface area contributed by atoms with Gasteiger partial charge in [-0.25, -0.2) is 0 Å². The van der Waals surface area contributed by atoms with Crippen LogP contribution in [-0.4, -0.2) is 27.9 Å². The SMILES string of the molecule is CCC(Cc1ncc(O)c2ccc(SC3CCCCC3)cc12)OC=O. The van der Waals surface area contributed by atoms with Gasteiger partial charge in [-0.2, -0.15) is 0 Å². The van der Waals surface area contributed by atoms with E-state index >= 15 is 0 Å². The van der Waals surface area contributed by atoms with Gasteiger partial charge in [0.1, 0.15) is 11.9 Å². The molecule has 0 aliphatic heterocycles. The van der Waals surface area contributed by atoms with Gasteiger partial charge in [0.25, 0.3) is 6.47 Å². The number of ether oxygens (including phenoxy) is 1. The summed E-state index contributed by atoms with van der Waals surface area (Å²) in [5.41, 5.74) is 0.868. The van der Waals surface area contributed by atoms with Crippen molar-refractivity contribution in [1.29, 1.82) is 0 Å². The number of rotatable bonds is 7. The van der Waals surface area contributed by atoms with Crippen LogP contribution in [0.3, 0.4) is 0 Å². The highest BCUT2D eigenvalue weighted by atomic mass is 32.2. The first kappa shape index (κ1) is 18.1. The molecule has 0 bridgehead atoms. The smallest absolute Gasteiger partial charge is 0.293 e. The van der Waals surface area contributed by atoms with Crippen LogP contribution in [0, 0.1) is 0 Å². The third kappa shape index (κ3) is 4.46. The number of hydrogen-bond acceptors (Lipinski definition) is 5. The number of aromatic nitrogens is 1. The quantitative estimate of drug-likeness (QED) is 0.716. The molecular weight excluding hydrogens is 334 g/mol. The molecule has 1 aliphatic rings. The van der Waals surface area contributed by atoms with Crippen molar-refractivity contribution in [3.63, 3.8) is 0 Å². The van der Waals surface area contributed by atoms with E-state index in [1.807, 2.05) is 24.8 Å². The van der Waals surface area contributed by atoms with E-state index in [0.717, 1.165) is 22.9 Å². The number of carbonyl (C=O) groups excluding carboxylic acids is 1. The highest BCUT2D eigenvalue weighted by Crippen LogP contribution is 2.36. The van der Waals surface area contributed by atoms with Crippen LogP contribution in [0.25, 0.3) is 10.8 Å². The zero-order valence-electron chi connectivity index (χ0n) is 14.6. The van der Waals surface area contributed by atoms with Crippen molar-refractivity contribution in [3.05, 3.63) is 30.1 Å². The second kappa shape index (κ2) is 8.56. The van der Waals surface area contributed by atoms with Crippen molar-refractivity contribution in [2.75, 3.05) is 0 Å². The van der Waals surface area contributed by atoms with Gasteiger partial charge in [-0.15, -0.1) is 11.8 Å². The first-order valence-corrected chi connectivity index (χ1v) is 9.95. The molecule has 1 aliphatic carbocycles. The third-order valence-corrected chi connectivity index (χ3v) is 6.23. The molecule has 25 heavy (non-hydrogen) atoms. The Hall–Kier alpha value is -1.75. The summed E-state index contributed by atoms with van der Waals surface area (Å²) in [6.45, 7) is 2.49. The van der Waals surface area contributed by atoms with E-state index in [1.165, 1.54) is 43.2 Å². The predicted molar refractivity (Wildman–Crippen MR) is 101 cm³/mol. The Balaban J connectivity index is 1.89. The summed E-state index contributed by atoms with van der Waals surface area (Å²) in [6.07, 6.45) is 9.14. The van der Waals surface area contributed by atoms with Crippen LogP contribution in [0.4, 0.5) is 0 Å². The second-order valence-electron chi connectivity index (χ2n) is 6.64. The maximum absolute atomic E-state index is 10.7. The normalized spacial score (nSPS) is 16.7. The van der Waals surface area contributed by atoms with Gasteiger partial charge in [0, 0.05) is 27.3 Å². The van der Waals surface area contributed by atoms with Gasteiger partial charge in [0.15, 0.2) is 0 Å². The van der Waals surface area contributed by atoms with Crippen LogP contribution >= 0.6 is 11.8 Å². The average Bonchev–Trinajstić information content (AvgIpc) is 2.64. The molecule has 0 radical (unpaired) electrons. The number of hydrogen-bond donors (Lipinski definition) is 1. The number of nitrogens with zero attached hydrogens (tertiary/aromatic N) is 1. The number of aromatic hydroxyl groups is 1. The second-order valence-corrected chi connectivity index (χ2v) is 8.02. The Morgan fingerprint density at radius 3 is 2.84 bits per heavy atom. The number of thioether (sulfide) groups is 1. The molecule has 0 saturated heterocycles. The summed E-state index contributed by atoms with van der Waals surface area (Å²) in [5, 5.41) is 12.6. The van der Waals surface area contributed by atoms with Crippen molar-refractivity contribution in [3.8, 4) is 5.75 Å². The Bertz CT molecular complexity index is 728. The van der Waals surface area contributed by atoms with Crippen LogP contribution in [0.5, 0.6) is 5.75 Å². The Morgan fingerprint density at radius 1 is 1.32 bits per heavy atom. The molecule has 1 N–H and O–H groups in total. The van der Waals surface area contributed by atoms with Crippen molar-refractivity contribution in [1.82, 2.24) is 4.98 Å². The molecule has 1 unspecified atom stereocenters. The zero-order chi connectivity index (χ0) is 17.6. The monoisotopic (exact) mass is 359 g/mol. The molecule has 3 rings (SSSR count). The molecule has 1 saturated carbocycles. The fourth-order valence-electron chi connectivity index (χ4n) is 3.46. The van der Waals surface area contributed by atoms with Gasteiger partial charge in [-0.1, -0.05) is 26.2 Å². The predicted octanol–water partition coefficient (Wildman–Crippen LogP) is 4.86. The van der Waals surface area contributed by atoms with Gasteiger partial charge >= 0.3 is 0 Å². The average molecular weight is 359 g/mol. The molecule has 1 heterocycles. The lowest BCUT2D eigenvalue weighted by molar-refractivity contribution is -0.133. The molecule has 1 fully saturated rings. The van der Waals surface area contributed by atoms with Crippen molar-refractivity contribution in [2.45, 2.75) is 68.1 Å². The number of benzene rings is 1. The zero-order valence-corrected chi connectivity index (χ0v) is 15.4. The summed E-state index contributed by atoms with van der Waals surface area (Å²) in [5.74, 6) is 0.192. The van der Waals surface area contributed by atoms with Crippen LogP contribution < -0.4 is 0 Å². The van der Waals surface area contributed by atoms with Gasteiger partial charge in [0.05, 0.1) is 11.9 Å². The highest BCUT2D eigenvalue weighted by molar-refractivity contribution is 8.00. The minimum Gasteiger partial charge on any atom is -0.506 e. The lowest BCUT2D eigenvalue weighted by Gasteiger charge is -2.21. The molecule has 1 atom stereocenters. The fraction of sp³-hybridized carbons (Fsp3) is 0.500. The lowest BCUT2D eigenvalue weighted by Crippen LogP contribution is -2.15. The largest absolute Gasteiger partial charge is 0.506 e. The summed E-state index contributed by atoms with van der Waals surface area (Å²) < 4.78 is 5.14. The number of fused-ring (bicyclic) bond motifs is 1. The molecule has 1 aromatic carbocycles. The van der Waals surface area contributed by atoms with Gasteiger partial charge in [-0.3, -0.25) is 9.78 Å². The van der Waals surface area contributed by atoms with Crippen LogP contribution in [0.15, 0.2) is 29.3 Å². The third-order valence-electron chi connectivity index (χ3n) is 4.90. The van der Waals surface area contributed by atoms with Gasteiger partial charge in [-0.05, 0) is 37.5 Å². The molecule has 5 heteroatoms. The topological polar surface area (TPSA) is 59.4 Å². The summed E-state index contributed by atoms with van der Waals surface area (Å²) in [6, 6.07) is 6.19. The maximum Gasteiger partial charge on any atom is 0.293 e. The number of carbonyl (C=O) groups is 1. The molecule has 134 valence electrons. The molecular formula is C20H25NO3S. The van der Waals surface area contributed by atoms with Crippen molar-refractivity contribution in [2.24, 2.45) is 0 Å². The van der Waals surface area contributed by atoms with Crippen LogP contribution in [0.2, 0.25) is 0 Å². The minimum atomic E-state index is -0.188. The summed E-state index contributed by atoms with van der Waals surface area (Å²) >= 11 is 1.93. The van der Waals surface area contributed by atoms with E-state index < -0.39 is 0 Å². The Morgan fingerprint density at radius 2 is 2.12 bits per heavy atom. The van der Waals surface area contributed by atoms with E-state index in [2.05, 4.69) is 17.1 Å². The first-order chi connectivity index (χ1) is 12.2. The molecule has 1 aromatic heterocycles. The first-order valence-electron chi connectivity index (χ1n) is 9.07. The lowest BCUT2D eigenvalue weighted by atomic mass is 10.0. The highest BCUT2D eigenvalue weighted by Gasteiger charge is 2.17. The van der Waals surface area contributed by atoms with Crippen LogP contribution in [-0.2, 0) is 16.0 Å². The standard InChI is InChI=1S/C20H25NO3S/c1-2-14(24-13-22)10-19-18-11-16(25-15-6-4-3-5-7-15)8-9-17(18)20(23)12-21-19/h8-9,11-15,23H,2-7,10H2,1H3.